The molecule has 0 atom stereocenters. The number of thioether (sulfide) groups is 1. The highest BCUT2D eigenvalue weighted by atomic mass is 32.2. The second kappa shape index (κ2) is 5.17. The van der Waals surface area contributed by atoms with E-state index < -0.39 is 11.6 Å². The maximum atomic E-state index is 12.9. The van der Waals surface area contributed by atoms with Gasteiger partial charge in [-0.25, -0.2) is 8.78 Å². The zero-order valence-corrected chi connectivity index (χ0v) is 8.28. The van der Waals surface area contributed by atoms with Crippen molar-refractivity contribution in [3.05, 3.63) is 23.8 Å². The number of halogens is 2. The molecule has 5 heteroatoms. The van der Waals surface area contributed by atoms with Gasteiger partial charge in [0.2, 0.25) is 0 Å². The van der Waals surface area contributed by atoms with E-state index >= 15 is 0 Å². The number of anilines is 1. The van der Waals surface area contributed by atoms with Crippen LogP contribution in [0.2, 0.25) is 0 Å². The van der Waals surface area contributed by atoms with Gasteiger partial charge in [-0.05, 0) is 12.5 Å². The monoisotopic (exact) mass is 219 g/mol. The molecule has 78 valence electrons. The first-order chi connectivity index (χ1) is 6.65. The van der Waals surface area contributed by atoms with Crippen LogP contribution >= 0.6 is 11.8 Å². The van der Waals surface area contributed by atoms with Crippen molar-refractivity contribution in [2.45, 2.75) is 11.3 Å². The Hall–Kier alpha value is -0.810. The number of nitrogen functional groups attached to an aromatic ring is 1. The van der Waals surface area contributed by atoms with Crippen LogP contribution < -0.4 is 5.73 Å². The Morgan fingerprint density at radius 3 is 2.71 bits per heavy atom. The summed E-state index contributed by atoms with van der Waals surface area (Å²) in [6, 6.07) is 1.95. The fraction of sp³-hybridized carbons (Fsp3) is 0.333. The second-order valence-electron chi connectivity index (χ2n) is 2.73. The lowest BCUT2D eigenvalue weighted by atomic mass is 10.3. The zero-order valence-electron chi connectivity index (χ0n) is 7.46. The number of rotatable bonds is 4. The minimum Gasteiger partial charge on any atom is -0.396 e. The first-order valence-corrected chi connectivity index (χ1v) is 5.12. The summed E-state index contributed by atoms with van der Waals surface area (Å²) in [5.41, 5.74) is 5.38. The summed E-state index contributed by atoms with van der Waals surface area (Å²) in [5.74, 6) is -0.788. The van der Waals surface area contributed by atoms with Gasteiger partial charge in [-0.1, -0.05) is 0 Å². The van der Waals surface area contributed by atoms with E-state index in [4.69, 9.17) is 10.8 Å². The molecule has 0 amide bonds. The molecule has 0 unspecified atom stereocenters. The van der Waals surface area contributed by atoms with Crippen molar-refractivity contribution in [2.24, 2.45) is 0 Å². The number of hydrogen-bond acceptors (Lipinski definition) is 3. The van der Waals surface area contributed by atoms with Crippen LogP contribution in [0.5, 0.6) is 0 Å². The van der Waals surface area contributed by atoms with Gasteiger partial charge < -0.3 is 10.8 Å². The Kier molecular flexibility index (Phi) is 4.16. The summed E-state index contributed by atoms with van der Waals surface area (Å²) in [7, 11) is 0. The van der Waals surface area contributed by atoms with Crippen LogP contribution in [0.25, 0.3) is 0 Å². The normalized spacial score (nSPS) is 10.5. The SMILES string of the molecule is Nc1c(F)cc(F)cc1SCCCO. The Morgan fingerprint density at radius 2 is 2.07 bits per heavy atom. The van der Waals surface area contributed by atoms with E-state index in [9.17, 15) is 8.78 Å². The Balaban J connectivity index is 2.75. The quantitative estimate of drug-likeness (QED) is 0.462. The number of benzene rings is 1. The standard InChI is InChI=1S/C9H11F2NOS/c10-6-4-7(11)9(12)8(5-6)14-3-1-2-13/h4-5,13H,1-3,12H2. The van der Waals surface area contributed by atoms with E-state index in [2.05, 4.69) is 0 Å². The molecule has 1 aromatic rings. The van der Waals surface area contributed by atoms with E-state index in [0.29, 0.717) is 17.1 Å². The third-order valence-corrected chi connectivity index (χ3v) is 2.76. The fourth-order valence-corrected chi connectivity index (χ4v) is 1.87. The molecule has 0 radical (unpaired) electrons. The molecule has 0 heterocycles. The van der Waals surface area contributed by atoms with Gasteiger partial charge in [0.05, 0.1) is 5.69 Å². The molecule has 0 fully saturated rings. The van der Waals surface area contributed by atoms with Crippen LogP contribution in [0.1, 0.15) is 6.42 Å². The topological polar surface area (TPSA) is 46.2 Å². The Labute approximate surface area is 85.1 Å². The van der Waals surface area contributed by atoms with Crippen LogP contribution in [0.3, 0.4) is 0 Å². The third-order valence-electron chi connectivity index (χ3n) is 1.62. The average Bonchev–Trinajstić information content (AvgIpc) is 2.13. The van der Waals surface area contributed by atoms with Crippen molar-refractivity contribution >= 4 is 17.4 Å². The molecule has 0 aliphatic rings. The van der Waals surface area contributed by atoms with Gasteiger partial charge in [-0.2, -0.15) is 0 Å². The lowest BCUT2D eigenvalue weighted by molar-refractivity contribution is 0.296. The molecular formula is C9H11F2NOS. The van der Waals surface area contributed by atoms with Gasteiger partial charge in [-0.3, -0.25) is 0 Å². The van der Waals surface area contributed by atoms with E-state index in [1.54, 1.807) is 0 Å². The van der Waals surface area contributed by atoms with Crippen molar-refractivity contribution in [1.29, 1.82) is 0 Å². The van der Waals surface area contributed by atoms with E-state index in [1.165, 1.54) is 17.8 Å². The van der Waals surface area contributed by atoms with Gasteiger partial charge >= 0.3 is 0 Å². The van der Waals surface area contributed by atoms with Gasteiger partial charge in [-0.15, -0.1) is 11.8 Å². The molecule has 0 aliphatic heterocycles. The number of aliphatic hydroxyl groups excluding tert-OH is 1. The first kappa shape index (κ1) is 11.3. The molecule has 1 aromatic carbocycles. The molecule has 1 rings (SSSR count). The number of nitrogens with two attached hydrogens (primary N) is 1. The summed E-state index contributed by atoms with van der Waals surface area (Å²) < 4.78 is 25.7. The van der Waals surface area contributed by atoms with E-state index in [0.717, 1.165) is 6.07 Å². The van der Waals surface area contributed by atoms with Crippen LogP contribution in [0, 0.1) is 11.6 Å². The maximum Gasteiger partial charge on any atom is 0.150 e. The summed E-state index contributed by atoms with van der Waals surface area (Å²) in [4.78, 5) is 0.385. The lowest BCUT2D eigenvalue weighted by Crippen LogP contribution is -1.96. The van der Waals surface area contributed by atoms with Crippen LogP contribution in [0.15, 0.2) is 17.0 Å². The highest BCUT2D eigenvalue weighted by molar-refractivity contribution is 7.99. The van der Waals surface area contributed by atoms with Gasteiger partial charge in [0.1, 0.15) is 11.6 Å². The smallest absolute Gasteiger partial charge is 0.150 e. The molecule has 0 bridgehead atoms. The molecule has 0 saturated carbocycles. The summed E-state index contributed by atoms with van der Waals surface area (Å²) >= 11 is 1.23. The number of aliphatic hydroxyl groups is 1. The maximum absolute atomic E-state index is 12.9. The van der Waals surface area contributed by atoms with Crippen molar-refractivity contribution in [3.63, 3.8) is 0 Å². The van der Waals surface area contributed by atoms with Crippen molar-refractivity contribution in [1.82, 2.24) is 0 Å². The molecule has 0 spiro atoms. The largest absolute Gasteiger partial charge is 0.396 e. The van der Waals surface area contributed by atoms with Crippen LogP contribution in [0.4, 0.5) is 14.5 Å². The van der Waals surface area contributed by atoms with Gasteiger partial charge in [0.25, 0.3) is 0 Å². The summed E-state index contributed by atoms with van der Waals surface area (Å²) in [6.07, 6.45) is 0.572. The molecule has 0 aliphatic carbocycles. The van der Waals surface area contributed by atoms with E-state index in [1.807, 2.05) is 0 Å². The molecular weight excluding hydrogens is 208 g/mol. The highest BCUT2D eigenvalue weighted by Crippen LogP contribution is 2.28. The average molecular weight is 219 g/mol. The molecule has 0 saturated heterocycles. The summed E-state index contributed by atoms with van der Waals surface area (Å²) in [6.45, 7) is 0.0602. The zero-order chi connectivity index (χ0) is 10.6. The van der Waals surface area contributed by atoms with E-state index in [-0.39, 0.29) is 12.3 Å². The lowest BCUT2D eigenvalue weighted by Gasteiger charge is -2.05. The number of hydrogen-bond donors (Lipinski definition) is 2. The molecule has 3 N–H and O–H groups in total. The predicted octanol–water partition coefficient (Wildman–Crippen LogP) is 2.02. The second-order valence-corrected chi connectivity index (χ2v) is 3.86. The Bertz CT molecular complexity index is 320. The van der Waals surface area contributed by atoms with Crippen molar-refractivity contribution < 1.29 is 13.9 Å². The fourth-order valence-electron chi connectivity index (χ4n) is 0.927. The summed E-state index contributed by atoms with van der Waals surface area (Å²) in [5, 5.41) is 8.53. The molecule has 0 aromatic heterocycles. The van der Waals surface area contributed by atoms with Gasteiger partial charge in [0, 0.05) is 23.3 Å². The molecule has 14 heavy (non-hydrogen) atoms. The Morgan fingerprint density at radius 1 is 1.36 bits per heavy atom. The van der Waals surface area contributed by atoms with Crippen molar-refractivity contribution in [2.75, 3.05) is 18.1 Å². The predicted molar refractivity (Wildman–Crippen MR) is 53.2 cm³/mol. The minimum absolute atomic E-state index is 0.0330. The minimum atomic E-state index is -0.739. The van der Waals surface area contributed by atoms with Crippen molar-refractivity contribution in [3.8, 4) is 0 Å². The highest BCUT2D eigenvalue weighted by Gasteiger charge is 2.08. The van der Waals surface area contributed by atoms with Crippen LogP contribution in [-0.4, -0.2) is 17.5 Å². The molecule has 2 nitrogen and oxygen atoms in total. The van der Waals surface area contributed by atoms with Gasteiger partial charge in [0.15, 0.2) is 0 Å². The third kappa shape index (κ3) is 2.85. The first-order valence-electron chi connectivity index (χ1n) is 4.13. The van der Waals surface area contributed by atoms with Crippen LogP contribution in [-0.2, 0) is 0 Å².